The predicted octanol–water partition coefficient (Wildman–Crippen LogP) is 1.28. The average Bonchev–Trinajstić information content (AvgIpc) is 2.41. The molecule has 1 aliphatic heterocycles. The number of phenols is 1. The van der Waals surface area contributed by atoms with Crippen LogP contribution in [0.2, 0.25) is 0 Å². The number of nitrogens with zero attached hydrogens (tertiary/aromatic N) is 1. The Balaban J connectivity index is 2.14. The first-order valence-electron chi connectivity index (χ1n) is 5.67. The second-order valence-electron chi connectivity index (χ2n) is 4.18. The van der Waals surface area contributed by atoms with Gasteiger partial charge in [0.05, 0.1) is 17.6 Å². The molecule has 3 N–H and O–H groups in total. The van der Waals surface area contributed by atoms with E-state index in [1.165, 1.54) is 6.07 Å². The third-order valence-electron chi connectivity index (χ3n) is 2.86. The van der Waals surface area contributed by atoms with Crippen LogP contribution >= 0.6 is 28.1 Å². The number of benzene rings is 1. The summed E-state index contributed by atoms with van der Waals surface area (Å²) in [7, 11) is 0. The zero-order valence-corrected chi connectivity index (χ0v) is 12.4. The number of morpholine rings is 1. The van der Waals surface area contributed by atoms with Gasteiger partial charge >= 0.3 is 0 Å². The second-order valence-corrected chi connectivity index (χ2v) is 5.50. The van der Waals surface area contributed by atoms with E-state index in [0.717, 1.165) is 0 Å². The zero-order valence-electron chi connectivity index (χ0n) is 10.0. The van der Waals surface area contributed by atoms with E-state index in [0.29, 0.717) is 29.7 Å². The molecular formula is C12H13BrN2O3S. The van der Waals surface area contributed by atoms with Gasteiger partial charge in [0, 0.05) is 12.1 Å². The molecule has 1 saturated heterocycles. The van der Waals surface area contributed by atoms with Gasteiger partial charge in [0.15, 0.2) is 0 Å². The Morgan fingerprint density at radius 3 is 2.95 bits per heavy atom. The number of phenolic OH excluding ortho intramolecular Hbond substituents is 1. The van der Waals surface area contributed by atoms with Crippen molar-refractivity contribution in [2.45, 2.75) is 6.10 Å². The molecule has 1 aromatic carbocycles. The lowest BCUT2D eigenvalue weighted by Gasteiger charge is -2.32. The van der Waals surface area contributed by atoms with Crippen LogP contribution in [0.3, 0.4) is 0 Å². The Bertz CT molecular complexity index is 524. The first kappa shape index (κ1) is 14.2. The molecule has 0 radical (unpaired) electrons. The molecule has 0 aromatic heterocycles. The van der Waals surface area contributed by atoms with Gasteiger partial charge in [-0.25, -0.2) is 0 Å². The first-order chi connectivity index (χ1) is 8.99. The Morgan fingerprint density at radius 1 is 1.58 bits per heavy atom. The van der Waals surface area contributed by atoms with Crippen molar-refractivity contribution in [3.63, 3.8) is 0 Å². The lowest BCUT2D eigenvalue weighted by atomic mass is 10.1. The molecule has 19 heavy (non-hydrogen) atoms. The maximum absolute atomic E-state index is 12.3. The van der Waals surface area contributed by atoms with Crippen LogP contribution in [0.4, 0.5) is 0 Å². The number of rotatable bonds is 2. The molecule has 102 valence electrons. The molecule has 1 atom stereocenters. The maximum Gasteiger partial charge on any atom is 0.254 e. The third-order valence-corrected chi connectivity index (χ3v) is 3.80. The molecule has 1 aliphatic rings. The minimum absolute atomic E-state index is 0.0324. The molecular weight excluding hydrogens is 332 g/mol. The number of halogens is 1. The van der Waals surface area contributed by atoms with Gasteiger partial charge in [0.2, 0.25) is 0 Å². The number of ether oxygens (including phenoxy) is 1. The molecule has 1 amide bonds. The van der Waals surface area contributed by atoms with E-state index in [1.807, 2.05) is 0 Å². The van der Waals surface area contributed by atoms with Crippen molar-refractivity contribution in [1.29, 1.82) is 0 Å². The van der Waals surface area contributed by atoms with Crippen molar-refractivity contribution >= 4 is 39.0 Å². The number of amides is 1. The van der Waals surface area contributed by atoms with Gasteiger partial charge in [0.25, 0.3) is 5.91 Å². The van der Waals surface area contributed by atoms with Gasteiger partial charge in [0.1, 0.15) is 16.8 Å². The lowest BCUT2D eigenvalue weighted by Crippen LogP contribution is -2.49. The quantitative estimate of drug-likeness (QED) is 0.790. The summed E-state index contributed by atoms with van der Waals surface area (Å²) in [6, 6.07) is 4.71. The fourth-order valence-electron chi connectivity index (χ4n) is 1.83. The summed E-state index contributed by atoms with van der Waals surface area (Å²) >= 11 is 8.05. The summed E-state index contributed by atoms with van der Waals surface area (Å²) in [6.07, 6.45) is -0.406. The highest BCUT2D eigenvalue weighted by Gasteiger charge is 2.26. The molecule has 1 unspecified atom stereocenters. The van der Waals surface area contributed by atoms with E-state index in [1.54, 1.807) is 17.0 Å². The Morgan fingerprint density at radius 2 is 2.32 bits per heavy atom. The average molecular weight is 345 g/mol. The minimum Gasteiger partial charge on any atom is -0.507 e. The normalized spacial score (nSPS) is 19.2. The van der Waals surface area contributed by atoms with Gasteiger partial charge in [-0.1, -0.05) is 12.2 Å². The number of carbonyl (C=O) groups is 1. The van der Waals surface area contributed by atoms with E-state index >= 15 is 0 Å². The Kier molecular flexibility index (Phi) is 4.38. The fourth-order valence-corrected chi connectivity index (χ4v) is 2.22. The number of hydrogen-bond acceptors (Lipinski definition) is 4. The molecule has 0 bridgehead atoms. The minimum atomic E-state index is -0.406. The smallest absolute Gasteiger partial charge is 0.254 e. The van der Waals surface area contributed by atoms with Gasteiger partial charge in [-0.3, -0.25) is 4.79 Å². The van der Waals surface area contributed by atoms with Crippen molar-refractivity contribution < 1.29 is 14.6 Å². The Labute approximate surface area is 124 Å². The zero-order chi connectivity index (χ0) is 14.0. The molecule has 0 spiro atoms. The number of carbonyl (C=O) groups excluding carboxylic acids is 1. The fraction of sp³-hybridized carbons (Fsp3) is 0.333. The van der Waals surface area contributed by atoms with Crippen LogP contribution in [0.5, 0.6) is 5.75 Å². The molecule has 1 fully saturated rings. The topological polar surface area (TPSA) is 75.8 Å². The van der Waals surface area contributed by atoms with E-state index in [4.69, 9.17) is 22.7 Å². The third kappa shape index (κ3) is 3.23. The summed E-state index contributed by atoms with van der Waals surface area (Å²) in [5, 5.41) is 9.60. The van der Waals surface area contributed by atoms with Crippen molar-refractivity contribution in [2.24, 2.45) is 5.73 Å². The van der Waals surface area contributed by atoms with Crippen LogP contribution in [0.25, 0.3) is 0 Å². The largest absolute Gasteiger partial charge is 0.507 e. The molecule has 1 aromatic rings. The van der Waals surface area contributed by atoms with Gasteiger partial charge < -0.3 is 20.5 Å². The van der Waals surface area contributed by atoms with Crippen LogP contribution in [0.1, 0.15) is 10.4 Å². The van der Waals surface area contributed by atoms with Gasteiger partial charge in [-0.15, -0.1) is 0 Å². The Hall–Kier alpha value is -1.18. The van der Waals surface area contributed by atoms with Crippen LogP contribution in [0, 0.1) is 0 Å². The summed E-state index contributed by atoms with van der Waals surface area (Å²) in [5.41, 5.74) is 5.96. The van der Waals surface area contributed by atoms with Crippen LogP contribution in [0.15, 0.2) is 22.7 Å². The SMILES string of the molecule is NC(=S)C1CN(C(=O)c2ccc(Br)c(O)c2)CCO1. The number of aromatic hydroxyl groups is 1. The van der Waals surface area contributed by atoms with Crippen molar-refractivity contribution in [3.05, 3.63) is 28.2 Å². The highest BCUT2D eigenvalue weighted by Crippen LogP contribution is 2.25. The lowest BCUT2D eigenvalue weighted by molar-refractivity contribution is 0.00877. The number of thiocarbonyl (C=S) groups is 1. The highest BCUT2D eigenvalue weighted by molar-refractivity contribution is 9.10. The van der Waals surface area contributed by atoms with Crippen LogP contribution in [-0.2, 0) is 4.74 Å². The monoisotopic (exact) mass is 344 g/mol. The maximum atomic E-state index is 12.3. The summed E-state index contributed by atoms with van der Waals surface area (Å²) in [6.45, 7) is 1.22. The number of nitrogens with two attached hydrogens (primary N) is 1. The number of hydrogen-bond donors (Lipinski definition) is 2. The standard InChI is InChI=1S/C12H13BrN2O3S/c13-8-2-1-7(5-9(8)16)12(17)15-3-4-18-10(6-15)11(14)19/h1-2,5,10,16H,3-4,6H2,(H2,14,19). The molecule has 0 aliphatic carbocycles. The van der Waals surface area contributed by atoms with Crippen molar-refractivity contribution in [2.75, 3.05) is 19.7 Å². The van der Waals surface area contributed by atoms with Gasteiger partial charge in [-0.05, 0) is 34.1 Å². The molecule has 7 heteroatoms. The van der Waals surface area contributed by atoms with Crippen LogP contribution < -0.4 is 5.73 Å². The van der Waals surface area contributed by atoms with E-state index in [-0.39, 0.29) is 16.6 Å². The highest BCUT2D eigenvalue weighted by atomic mass is 79.9. The first-order valence-corrected chi connectivity index (χ1v) is 6.88. The molecule has 2 rings (SSSR count). The van der Waals surface area contributed by atoms with Crippen molar-refractivity contribution in [3.8, 4) is 5.75 Å². The van der Waals surface area contributed by atoms with E-state index in [9.17, 15) is 9.90 Å². The second kappa shape index (κ2) is 5.85. The summed E-state index contributed by atoms with van der Waals surface area (Å²) in [4.78, 5) is 14.2. The summed E-state index contributed by atoms with van der Waals surface area (Å²) in [5.74, 6) is -0.141. The molecule has 0 saturated carbocycles. The van der Waals surface area contributed by atoms with E-state index in [2.05, 4.69) is 15.9 Å². The van der Waals surface area contributed by atoms with E-state index < -0.39 is 6.10 Å². The van der Waals surface area contributed by atoms with Gasteiger partial charge in [-0.2, -0.15) is 0 Å². The predicted molar refractivity (Wildman–Crippen MR) is 78.2 cm³/mol. The van der Waals surface area contributed by atoms with Crippen molar-refractivity contribution in [1.82, 2.24) is 4.90 Å². The van der Waals surface area contributed by atoms with Crippen LogP contribution in [-0.4, -0.2) is 46.7 Å². The summed E-state index contributed by atoms with van der Waals surface area (Å²) < 4.78 is 5.93. The molecule has 5 nitrogen and oxygen atoms in total. The molecule has 1 heterocycles.